The summed E-state index contributed by atoms with van der Waals surface area (Å²) in [6.07, 6.45) is -6.55. The molecule has 3 fully saturated rings. The highest BCUT2D eigenvalue weighted by Crippen LogP contribution is 2.43. The molecule has 3 heterocycles. The van der Waals surface area contributed by atoms with Crippen molar-refractivity contribution in [1.82, 2.24) is 16.0 Å². The van der Waals surface area contributed by atoms with Gasteiger partial charge in [0, 0.05) is 50.2 Å². The minimum absolute atomic E-state index is 0.0805. The van der Waals surface area contributed by atoms with Crippen LogP contribution in [-0.2, 0) is 33.2 Å². The molecule has 0 aliphatic carbocycles. The number of hydrogen-bond acceptors (Lipinski definition) is 17. The Morgan fingerprint density at radius 3 is 2.08 bits per heavy atom. The molecule has 7 N–H and O–H groups in total. The molecule has 1 aromatic rings. The number of cyclic esters (lactones) is 1. The van der Waals surface area contributed by atoms with Crippen molar-refractivity contribution in [3.63, 3.8) is 0 Å². The van der Waals surface area contributed by atoms with E-state index in [-0.39, 0.29) is 43.9 Å². The first-order chi connectivity index (χ1) is 30.4. The molecule has 1 aromatic carbocycles. The second kappa shape index (κ2) is 23.3. The normalized spacial score (nSPS) is 42.6. The van der Waals surface area contributed by atoms with E-state index < -0.39 is 95.5 Å². The van der Waals surface area contributed by atoms with Crippen LogP contribution in [0.4, 0.5) is 0 Å². The first kappa shape index (κ1) is 55.2. The maximum absolute atomic E-state index is 14.6. The second-order valence-electron chi connectivity index (χ2n) is 19.7. The van der Waals surface area contributed by atoms with E-state index in [0.717, 1.165) is 6.42 Å². The molecule has 3 aliphatic rings. The third-order valence-corrected chi connectivity index (χ3v) is 14.3. The van der Waals surface area contributed by atoms with Crippen LogP contribution in [0.1, 0.15) is 108 Å². The number of carbonyl (C=O) groups excluding carboxylic acids is 1. The molecule has 0 aromatic heterocycles. The van der Waals surface area contributed by atoms with E-state index in [9.17, 15) is 25.2 Å². The number of aliphatic hydroxyl groups excluding tert-OH is 1. The van der Waals surface area contributed by atoms with E-state index in [1.54, 1.807) is 74.1 Å². The Morgan fingerprint density at radius 1 is 0.877 bits per heavy atom. The van der Waals surface area contributed by atoms with Gasteiger partial charge in [-0.1, -0.05) is 27.7 Å². The largest absolute Gasteiger partial charge is 0.496 e. The van der Waals surface area contributed by atoms with Crippen LogP contribution in [-0.4, -0.2) is 164 Å². The molecule has 0 saturated carbocycles. The number of methoxy groups -OCH3 is 3. The molecule has 0 radical (unpaired) electrons. The highest BCUT2D eigenvalue weighted by atomic mass is 16.7. The molecule has 4 rings (SSSR count). The molecule has 17 nitrogen and oxygen atoms in total. The standard InChI is InChI=1S/C48H85N3O14/c1-16-18-50-26-48(56)32(8)61-38(24-46(48,10)59-15)64-39-29(5)42(65-44-40(36(49-12)19-28(4)60-44)62-35-21-33(57-13)20-34(22-35)58-14)45(9,54)23-27(3)25-51-31(7)41(52)47(11,55)37(17-2)63-43(53)30(39)6/h20-22,27-32,36-42,44,49-52,54-56H,16-19,23-26H2,1-15H3/t27?,28-,29?,30?,31?,32+,36+,37?,38+,39?,40-,41?,42?,44+,45?,46-,47?,48+/m1/s1. The molecular weight excluding hydrogens is 843 g/mol. The van der Waals surface area contributed by atoms with Crippen molar-refractivity contribution < 1.29 is 67.9 Å². The topological polar surface area (TPSA) is 217 Å². The summed E-state index contributed by atoms with van der Waals surface area (Å²) < 4.78 is 57.3. The number of rotatable bonds is 15. The van der Waals surface area contributed by atoms with E-state index in [2.05, 4.69) is 16.0 Å². The molecule has 0 amide bonds. The van der Waals surface area contributed by atoms with E-state index in [1.165, 1.54) is 6.92 Å². The lowest BCUT2D eigenvalue weighted by Crippen LogP contribution is -2.70. The Bertz CT molecular complexity index is 1620. The Morgan fingerprint density at radius 2 is 1.51 bits per heavy atom. The third kappa shape index (κ3) is 12.8. The monoisotopic (exact) mass is 928 g/mol. The van der Waals surface area contributed by atoms with Gasteiger partial charge >= 0.3 is 5.97 Å². The fourth-order valence-electron chi connectivity index (χ4n) is 10.1. The number of ether oxygens (including phenoxy) is 9. The van der Waals surface area contributed by atoms with E-state index in [1.807, 2.05) is 41.7 Å². The number of hydrogen-bond donors (Lipinski definition) is 7. The average Bonchev–Trinajstić information content (AvgIpc) is 3.26. The van der Waals surface area contributed by atoms with Crippen LogP contribution in [0.3, 0.4) is 0 Å². The smallest absolute Gasteiger partial charge is 0.311 e. The van der Waals surface area contributed by atoms with Crippen LogP contribution >= 0.6 is 0 Å². The van der Waals surface area contributed by atoms with Crippen LogP contribution in [0, 0.1) is 17.8 Å². The summed E-state index contributed by atoms with van der Waals surface area (Å²) in [5.41, 5.74) is -6.06. The first-order valence-corrected chi connectivity index (χ1v) is 23.7. The summed E-state index contributed by atoms with van der Waals surface area (Å²) in [5, 5.41) is 58.4. The zero-order chi connectivity index (χ0) is 48.7. The van der Waals surface area contributed by atoms with Gasteiger partial charge in [0.15, 0.2) is 18.7 Å². The number of nitrogens with one attached hydrogen (secondary N) is 3. The van der Waals surface area contributed by atoms with Crippen LogP contribution in [0.5, 0.6) is 17.2 Å². The summed E-state index contributed by atoms with van der Waals surface area (Å²) in [5.74, 6) is -1.25. The lowest BCUT2D eigenvalue weighted by molar-refractivity contribution is -0.335. The molecule has 3 aliphatic heterocycles. The Balaban J connectivity index is 1.87. The predicted octanol–water partition coefficient (Wildman–Crippen LogP) is 3.69. The molecule has 65 heavy (non-hydrogen) atoms. The van der Waals surface area contributed by atoms with Crippen molar-refractivity contribution >= 4 is 5.97 Å². The first-order valence-electron chi connectivity index (χ1n) is 23.7. The highest BCUT2D eigenvalue weighted by molar-refractivity contribution is 5.73. The number of esters is 1. The molecule has 18 atom stereocenters. The van der Waals surface area contributed by atoms with Crippen molar-refractivity contribution in [2.75, 3.05) is 48.0 Å². The molecule has 10 unspecified atom stereocenters. The second-order valence-corrected chi connectivity index (χ2v) is 19.7. The van der Waals surface area contributed by atoms with E-state index in [0.29, 0.717) is 36.8 Å². The number of carbonyl (C=O) groups is 1. The molecule has 3 saturated heterocycles. The fraction of sp³-hybridized carbons (Fsp3) is 0.854. The van der Waals surface area contributed by atoms with Gasteiger partial charge < -0.3 is 79.0 Å². The van der Waals surface area contributed by atoms with Gasteiger partial charge in [-0.25, -0.2) is 0 Å². The zero-order valence-electron chi connectivity index (χ0n) is 41.8. The summed E-state index contributed by atoms with van der Waals surface area (Å²) >= 11 is 0. The van der Waals surface area contributed by atoms with Crippen molar-refractivity contribution in [2.45, 2.75) is 198 Å². The predicted molar refractivity (Wildman–Crippen MR) is 245 cm³/mol. The molecule has 17 heteroatoms. The zero-order valence-corrected chi connectivity index (χ0v) is 41.8. The van der Waals surface area contributed by atoms with Gasteiger partial charge in [0.05, 0.1) is 56.2 Å². The lowest BCUT2D eigenvalue weighted by Gasteiger charge is -2.53. The SMILES string of the molecule is CCCNC[C@]1(O)[C@H](C)O[C@@H](OC2C(C)C(=O)OC(CC)C(C)(O)C(O)C(C)NCC(C)CC(C)(O)C(O[C@@H]3O[C@H](C)C[C@H](NC)[C@H]3Oc3cc(OC)cc(OC)c3)C2C)C[C@@]1(C)OC. The van der Waals surface area contributed by atoms with Gasteiger partial charge in [0.25, 0.3) is 0 Å². The molecule has 0 spiro atoms. The van der Waals surface area contributed by atoms with Crippen molar-refractivity contribution in [2.24, 2.45) is 17.8 Å². The summed E-state index contributed by atoms with van der Waals surface area (Å²) in [6.45, 7) is 21.0. The van der Waals surface area contributed by atoms with Crippen molar-refractivity contribution in [3.8, 4) is 17.2 Å². The average molecular weight is 928 g/mol. The van der Waals surface area contributed by atoms with E-state index >= 15 is 0 Å². The lowest BCUT2D eigenvalue weighted by atomic mass is 9.75. The minimum Gasteiger partial charge on any atom is -0.496 e. The Kier molecular flexibility index (Phi) is 19.8. The minimum atomic E-state index is -1.84. The van der Waals surface area contributed by atoms with Crippen LogP contribution in [0.2, 0.25) is 0 Å². The van der Waals surface area contributed by atoms with Gasteiger partial charge in [-0.15, -0.1) is 0 Å². The maximum atomic E-state index is 14.6. The van der Waals surface area contributed by atoms with Crippen LogP contribution < -0.4 is 30.2 Å². The van der Waals surface area contributed by atoms with Gasteiger partial charge in [-0.3, -0.25) is 4.79 Å². The molecule has 0 bridgehead atoms. The summed E-state index contributed by atoms with van der Waals surface area (Å²) in [7, 11) is 6.50. The van der Waals surface area contributed by atoms with Crippen LogP contribution in [0.25, 0.3) is 0 Å². The van der Waals surface area contributed by atoms with Gasteiger partial charge in [0.2, 0.25) is 0 Å². The van der Waals surface area contributed by atoms with E-state index in [4.69, 9.17) is 42.6 Å². The molecule has 376 valence electrons. The van der Waals surface area contributed by atoms with Gasteiger partial charge in [0.1, 0.15) is 46.3 Å². The maximum Gasteiger partial charge on any atom is 0.311 e. The molecular formula is C48H85N3O14. The Labute approximate surface area is 388 Å². The van der Waals surface area contributed by atoms with Crippen LogP contribution in [0.15, 0.2) is 18.2 Å². The summed E-state index contributed by atoms with van der Waals surface area (Å²) in [6, 6.07) is 4.36. The number of likely N-dealkylation sites (N-methyl/N-ethyl adjacent to an activating group) is 1. The third-order valence-electron chi connectivity index (χ3n) is 14.3. The van der Waals surface area contributed by atoms with Crippen molar-refractivity contribution in [1.29, 1.82) is 0 Å². The van der Waals surface area contributed by atoms with Gasteiger partial charge in [-0.05, 0) is 100 Å². The van der Waals surface area contributed by atoms with Gasteiger partial charge in [-0.2, -0.15) is 0 Å². The number of benzene rings is 1. The fourth-order valence-corrected chi connectivity index (χ4v) is 10.1. The quantitative estimate of drug-likeness (QED) is 0.0986. The van der Waals surface area contributed by atoms with Crippen molar-refractivity contribution in [3.05, 3.63) is 18.2 Å². The summed E-state index contributed by atoms with van der Waals surface area (Å²) in [4.78, 5) is 14.6. The highest BCUT2D eigenvalue weighted by Gasteiger charge is 2.58. The number of aliphatic hydroxyl groups is 4. The Hall–Kier alpha value is -2.39.